The second kappa shape index (κ2) is 5.56. The van der Waals surface area contributed by atoms with Crippen LogP contribution in [0, 0.1) is 5.92 Å². The third kappa shape index (κ3) is 3.60. The van der Waals surface area contributed by atoms with Gasteiger partial charge in [0.1, 0.15) is 5.82 Å². The first kappa shape index (κ1) is 13.1. The Morgan fingerprint density at radius 3 is 2.94 bits per heavy atom. The van der Waals surface area contributed by atoms with Crippen molar-refractivity contribution in [3.63, 3.8) is 0 Å². The third-order valence-corrected chi connectivity index (χ3v) is 2.91. The summed E-state index contributed by atoms with van der Waals surface area (Å²) in [4.78, 5) is 3.89. The molecule has 2 heterocycles. The van der Waals surface area contributed by atoms with Crippen molar-refractivity contribution in [3.05, 3.63) is 23.9 Å². The van der Waals surface area contributed by atoms with Gasteiger partial charge in [0.2, 0.25) is 0 Å². The van der Waals surface area contributed by atoms with E-state index in [-0.39, 0.29) is 5.82 Å². The van der Waals surface area contributed by atoms with Gasteiger partial charge in [-0.15, -0.1) is 0 Å². The maximum Gasteiger partial charge on any atom is 0.416 e. The Hall–Kier alpha value is -1.30. The molecule has 3 nitrogen and oxygen atoms in total. The molecule has 18 heavy (non-hydrogen) atoms. The number of pyridine rings is 1. The van der Waals surface area contributed by atoms with Crippen molar-refractivity contribution in [3.8, 4) is 0 Å². The van der Waals surface area contributed by atoms with Crippen molar-refractivity contribution in [1.82, 2.24) is 4.98 Å². The predicted molar refractivity (Wildman–Crippen MR) is 61.3 cm³/mol. The first-order chi connectivity index (χ1) is 8.55. The average Bonchev–Trinajstić information content (AvgIpc) is 2.37. The smallest absolute Gasteiger partial charge is 0.381 e. The van der Waals surface area contributed by atoms with Crippen molar-refractivity contribution in [1.29, 1.82) is 0 Å². The molecule has 1 unspecified atom stereocenters. The van der Waals surface area contributed by atoms with E-state index in [1.165, 1.54) is 6.20 Å². The van der Waals surface area contributed by atoms with Gasteiger partial charge < -0.3 is 10.1 Å². The molecule has 1 N–H and O–H groups in total. The van der Waals surface area contributed by atoms with E-state index >= 15 is 0 Å². The Morgan fingerprint density at radius 2 is 2.28 bits per heavy atom. The molecule has 0 aromatic carbocycles. The van der Waals surface area contributed by atoms with Crippen molar-refractivity contribution < 1.29 is 17.9 Å². The standard InChI is InChI=1S/C12H15F3N2O/c13-12(14,15)10-3-4-16-11(6-10)17-7-9-2-1-5-18-8-9/h3-4,6,9H,1-2,5,7-8H2,(H,16,17). The minimum absolute atomic E-state index is 0.260. The lowest BCUT2D eigenvalue weighted by Crippen LogP contribution is -2.24. The van der Waals surface area contributed by atoms with Crippen LogP contribution in [-0.4, -0.2) is 24.7 Å². The minimum Gasteiger partial charge on any atom is -0.381 e. The van der Waals surface area contributed by atoms with Crippen LogP contribution in [0.25, 0.3) is 0 Å². The number of nitrogens with one attached hydrogen (secondary N) is 1. The molecular weight excluding hydrogens is 245 g/mol. The molecule has 0 radical (unpaired) electrons. The third-order valence-electron chi connectivity index (χ3n) is 2.91. The number of hydrogen-bond donors (Lipinski definition) is 1. The van der Waals surface area contributed by atoms with Crippen LogP contribution < -0.4 is 5.32 Å². The molecule has 100 valence electrons. The van der Waals surface area contributed by atoms with Crippen molar-refractivity contribution in [2.75, 3.05) is 25.1 Å². The van der Waals surface area contributed by atoms with Gasteiger partial charge in [-0.3, -0.25) is 0 Å². The highest BCUT2D eigenvalue weighted by Gasteiger charge is 2.30. The summed E-state index contributed by atoms with van der Waals surface area (Å²) in [6.45, 7) is 2.03. The summed E-state index contributed by atoms with van der Waals surface area (Å²) in [5.41, 5.74) is -0.681. The zero-order valence-electron chi connectivity index (χ0n) is 9.83. The van der Waals surface area contributed by atoms with Crippen molar-refractivity contribution in [2.45, 2.75) is 19.0 Å². The Morgan fingerprint density at radius 1 is 1.44 bits per heavy atom. The second-order valence-electron chi connectivity index (χ2n) is 4.39. The zero-order valence-corrected chi connectivity index (χ0v) is 9.83. The minimum atomic E-state index is -4.33. The number of halogens is 3. The summed E-state index contributed by atoms with van der Waals surface area (Å²) in [6, 6.07) is 2.00. The topological polar surface area (TPSA) is 34.2 Å². The lowest BCUT2D eigenvalue weighted by atomic mass is 10.0. The Bertz CT molecular complexity index is 389. The molecule has 0 bridgehead atoms. The van der Waals surface area contributed by atoms with Crippen LogP contribution in [0.3, 0.4) is 0 Å². The lowest BCUT2D eigenvalue weighted by molar-refractivity contribution is -0.137. The molecule has 0 spiro atoms. The molecule has 1 aromatic heterocycles. The summed E-state index contributed by atoms with van der Waals surface area (Å²) >= 11 is 0. The molecule has 1 aliphatic heterocycles. The number of ether oxygens (including phenoxy) is 1. The highest BCUT2D eigenvalue weighted by molar-refractivity contribution is 5.38. The van der Waals surface area contributed by atoms with E-state index in [9.17, 15) is 13.2 Å². The van der Waals surface area contributed by atoms with Gasteiger partial charge >= 0.3 is 6.18 Å². The normalized spacial score (nSPS) is 20.7. The Kier molecular flexibility index (Phi) is 4.06. The maximum atomic E-state index is 12.5. The second-order valence-corrected chi connectivity index (χ2v) is 4.39. The van der Waals surface area contributed by atoms with Gasteiger partial charge in [0.05, 0.1) is 12.2 Å². The quantitative estimate of drug-likeness (QED) is 0.907. The van der Waals surface area contributed by atoms with E-state index < -0.39 is 11.7 Å². The van der Waals surface area contributed by atoms with Crippen LogP contribution in [0.2, 0.25) is 0 Å². The SMILES string of the molecule is FC(F)(F)c1ccnc(NCC2CCCOC2)c1. The van der Waals surface area contributed by atoms with Crippen molar-refractivity contribution in [2.24, 2.45) is 5.92 Å². The fraction of sp³-hybridized carbons (Fsp3) is 0.583. The van der Waals surface area contributed by atoms with Gasteiger partial charge in [0, 0.05) is 19.3 Å². The lowest BCUT2D eigenvalue weighted by Gasteiger charge is -2.22. The molecule has 6 heteroatoms. The van der Waals surface area contributed by atoms with Crippen LogP contribution in [0.5, 0.6) is 0 Å². The Balaban J connectivity index is 1.92. The van der Waals surface area contributed by atoms with E-state index in [2.05, 4.69) is 10.3 Å². The van der Waals surface area contributed by atoms with E-state index in [0.29, 0.717) is 19.1 Å². The molecule has 1 aliphatic rings. The maximum absolute atomic E-state index is 12.5. The summed E-state index contributed by atoms with van der Waals surface area (Å²) in [5.74, 6) is 0.602. The summed E-state index contributed by atoms with van der Waals surface area (Å²) < 4.78 is 42.8. The predicted octanol–water partition coefficient (Wildman–Crippen LogP) is 2.94. The van der Waals surface area contributed by atoms with E-state index in [1.807, 2.05) is 0 Å². The number of rotatable bonds is 3. The molecule has 0 amide bonds. The number of anilines is 1. The number of nitrogens with zero attached hydrogens (tertiary/aromatic N) is 1. The van der Waals surface area contributed by atoms with Crippen LogP contribution in [0.4, 0.5) is 19.0 Å². The van der Waals surface area contributed by atoms with Crippen LogP contribution in [-0.2, 0) is 10.9 Å². The van der Waals surface area contributed by atoms with Gasteiger partial charge in [-0.1, -0.05) is 0 Å². The van der Waals surface area contributed by atoms with Gasteiger partial charge in [-0.05, 0) is 30.9 Å². The van der Waals surface area contributed by atoms with Gasteiger partial charge in [-0.25, -0.2) is 4.98 Å². The molecule has 2 rings (SSSR count). The Labute approximate surface area is 103 Å². The number of alkyl halides is 3. The average molecular weight is 260 g/mol. The zero-order chi connectivity index (χ0) is 13.0. The monoisotopic (exact) mass is 260 g/mol. The highest BCUT2D eigenvalue weighted by atomic mass is 19.4. The van der Waals surface area contributed by atoms with Gasteiger partial charge in [-0.2, -0.15) is 13.2 Å². The molecular formula is C12H15F3N2O. The molecule has 0 saturated carbocycles. The molecule has 1 fully saturated rings. The summed E-state index contributed by atoms with van der Waals surface area (Å²) in [6.07, 6.45) is -1.12. The molecule has 1 atom stereocenters. The van der Waals surface area contributed by atoms with E-state index in [0.717, 1.165) is 31.6 Å². The van der Waals surface area contributed by atoms with Crippen LogP contribution in [0.1, 0.15) is 18.4 Å². The molecule has 0 aliphatic carbocycles. The van der Waals surface area contributed by atoms with Crippen molar-refractivity contribution >= 4 is 5.82 Å². The van der Waals surface area contributed by atoms with Crippen LogP contribution >= 0.6 is 0 Å². The highest BCUT2D eigenvalue weighted by Crippen LogP contribution is 2.29. The summed E-state index contributed by atoms with van der Waals surface area (Å²) in [7, 11) is 0. The molecule has 1 saturated heterocycles. The van der Waals surface area contributed by atoms with Crippen LogP contribution in [0.15, 0.2) is 18.3 Å². The molecule has 1 aromatic rings. The fourth-order valence-corrected chi connectivity index (χ4v) is 1.92. The van der Waals surface area contributed by atoms with E-state index in [1.54, 1.807) is 0 Å². The largest absolute Gasteiger partial charge is 0.416 e. The fourth-order valence-electron chi connectivity index (χ4n) is 1.92. The van der Waals surface area contributed by atoms with Gasteiger partial charge in [0.25, 0.3) is 0 Å². The summed E-state index contributed by atoms with van der Waals surface area (Å²) in [5, 5.41) is 2.94. The number of aromatic nitrogens is 1. The first-order valence-electron chi connectivity index (χ1n) is 5.90. The first-order valence-corrected chi connectivity index (χ1v) is 5.90. The van der Waals surface area contributed by atoms with E-state index in [4.69, 9.17) is 4.74 Å². The number of hydrogen-bond acceptors (Lipinski definition) is 3. The van der Waals surface area contributed by atoms with Gasteiger partial charge in [0.15, 0.2) is 0 Å².